The van der Waals surface area contributed by atoms with E-state index in [9.17, 15) is 4.79 Å². The van der Waals surface area contributed by atoms with Crippen LogP contribution in [-0.4, -0.2) is 31.6 Å². The molecule has 0 radical (unpaired) electrons. The molecular formula is C18H25NO3. The summed E-state index contributed by atoms with van der Waals surface area (Å²) in [6.45, 7) is 1.51. The number of nitrogens with zero attached hydrogens (tertiary/aromatic N) is 1. The van der Waals surface area contributed by atoms with Crippen molar-refractivity contribution in [3.05, 3.63) is 23.3 Å². The fourth-order valence-corrected chi connectivity index (χ4v) is 3.69. The van der Waals surface area contributed by atoms with Gasteiger partial charge in [0.05, 0.1) is 14.2 Å². The molecule has 4 nitrogen and oxygen atoms in total. The lowest BCUT2D eigenvalue weighted by Gasteiger charge is -2.30. The molecule has 22 heavy (non-hydrogen) atoms. The summed E-state index contributed by atoms with van der Waals surface area (Å²) in [7, 11) is 3.31. The first-order chi connectivity index (χ1) is 10.7. The van der Waals surface area contributed by atoms with Crippen molar-refractivity contribution in [2.75, 3.05) is 20.8 Å². The van der Waals surface area contributed by atoms with Gasteiger partial charge in [-0.15, -0.1) is 0 Å². The second kappa shape index (κ2) is 6.59. The maximum absolute atomic E-state index is 12.5. The lowest BCUT2D eigenvalue weighted by atomic mass is 9.97. The molecule has 0 N–H and O–H groups in total. The molecule has 4 heteroatoms. The highest BCUT2D eigenvalue weighted by Gasteiger charge is 2.26. The van der Waals surface area contributed by atoms with E-state index in [0.717, 1.165) is 30.9 Å². The fourth-order valence-electron chi connectivity index (χ4n) is 3.69. The molecule has 1 aromatic carbocycles. The average molecular weight is 303 g/mol. The first kappa shape index (κ1) is 15.2. The lowest BCUT2D eigenvalue weighted by molar-refractivity contribution is -0.133. The van der Waals surface area contributed by atoms with Crippen LogP contribution in [0.3, 0.4) is 0 Å². The number of carbonyl (C=O) groups excluding carboxylic acids is 1. The van der Waals surface area contributed by atoms with Crippen LogP contribution in [0.25, 0.3) is 0 Å². The van der Waals surface area contributed by atoms with Crippen LogP contribution in [0.5, 0.6) is 11.5 Å². The van der Waals surface area contributed by atoms with E-state index in [1.807, 2.05) is 17.0 Å². The van der Waals surface area contributed by atoms with Crippen molar-refractivity contribution in [1.82, 2.24) is 4.90 Å². The van der Waals surface area contributed by atoms with E-state index in [2.05, 4.69) is 0 Å². The van der Waals surface area contributed by atoms with Crippen molar-refractivity contribution in [2.45, 2.75) is 45.1 Å². The molecule has 0 bridgehead atoms. The van der Waals surface area contributed by atoms with Gasteiger partial charge in [0.1, 0.15) is 0 Å². The van der Waals surface area contributed by atoms with Crippen molar-refractivity contribution in [3.8, 4) is 11.5 Å². The van der Waals surface area contributed by atoms with Gasteiger partial charge in [-0.05, 0) is 48.4 Å². The number of amides is 1. The molecule has 120 valence electrons. The second-order valence-corrected chi connectivity index (χ2v) is 6.40. The van der Waals surface area contributed by atoms with E-state index >= 15 is 0 Å². The lowest BCUT2D eigenvalue weighted by Crippen LogP contribution is -2.36. The van der Waals surface area contributed by atoms with Gasteiger partial charge >= 0.3 is 0 Å². The highest BCUT2D eigenvalue weighted by atomic mass is 16.5. The second-order valence-electron chi connectivity index (χ2n) is 6.40. The topological polar surface area (TPSA) is 38.8 Å². The molecular weight excluding hydrogens is 278 g/mol. The Hall–Kier alpha value is -1.71. The molecule has 1 heterocycles. The quantitative estimate of drug-likeness (QED) is 0.857. The number of ether oxygens (including phenoxy) is 2. The summed E-state index contributed by atoms with van der Waals surface area (Å²) >= 11 is 0. The van der Waals surface area contributed by atoms with Gasteiger partial charge in [-0.3, -0.25) is 4.79 Å². The minimum absolute atomic E-state index is 0.312. The maximum atomic E-state index is 12.5. The van der Waals surface area contributed by atoms with Crippen LogP contribution in [0, 0.1) is 5.92 Å². The summed E-state index contributed by atoms with van der Waals surface area (Å²) in [5, 5.41) is 0. The molecule has 1 amide bonds. The van der Waals surface area contributed by atoms with E-state index in [-0.39, 0.29) is 0 Å². The number of carbonyl (C=O) groups is 1. The van der Waals surface area contributed by atoms with Crippen LogP contribution in [0.15, 0.2) is 12.1 Å². The van der Waals surface area contributed by atoms with Crippen molar-refractivity contribution < 1.29 is 14.3 Å². The van der Waals surface area contributed by atoms with Gasteiger partial charge < -0.3 is 14.4 Å². The van der Waals surface area contributed by atoms with Crippen LogP contribution in [0.2, 0.25) is 0 Å². The summed E-state index contributed by atoms with van der Waals surface area (Å²) in [6.07, 6.45) is 6.65. The van der Waals surface area contributed by atoms with Gasteiger partial charge in [0.25, 0.3) is 0 Å². The van der Waals surface area contributed by atoms with Gasteiger partial charge in [0, 0.05) is 19.5 Å². The van der Waals surface area contributed by atoms with Crippen molar-refractivity contribution >= 4 is 5.91 Å². The minimum atomic E-state index is 0.312. The van der Waals surface area contributed by atoms with Crippen molar-refractivity contribution in [3.63, 3.8) is 0 Å². The van der Waals surface area contributed by atoms with Gasteiger partial charge in [0.2, 0.25) is 5.91 Å². The summed E-state index contributed by atoms with van der Waals surface area (Å²) in [5.74, 6) is 2.44. The molecule has 1 saturated carbocycles. The molecule has 0 unspecified atom stereocenters. The smallest absolute Gasteiger partial charge is 0.223 e. The van der Waals surface area contributed by atoms with E-state index < -0.39 is 0 Å². The Morgan fingerprint density at radius 1 is 1.14 bits per heavy atom. The highest BCUT2D eigenvalue weighted by molar-refractivity contribution is 5.77. The third-order valence-electron chi connectivity index (χ3n) is 5.01. The average Bonchev–Trinajstić information content (AvgIpc) is 3.05. The fraction of sp³-hybridized carbons (Fsp3) is 0.611. The zero-order valence-electron chi connectivity index (χ0n) is 13.6. The Kier molecular flexibility index (Phi) is 4.55. The van der Waals surface area contributed by atoms with Gasteiger partial charge in [-0.2, -0.15) is 0 Å². The molecule has 3 rings (SSSR count). The van der Waals surface area contributed by atoms with E-state index in [1.165, 1.54) is 36.8 Å². The van der Waals surface area contributed by atoms with Gasteiger partial charge in [0.15, 0.2) is 11.5 Å². The number of rotatable bonds is 4. The molecule has 1 aliphatic carbocycles. The van der Waals surface area contributed by atoms with Gasteiger partial charge in [-0.1, -0.05) is 12.8 Å². The molecule has 0 atom stereocenters. The predicted molar refractivity (Wildman–Crippen MR) is 85.2 cm³/mol. The Bertz CT molecular complexity index is 550. The summed E-state index contributed by atoms with van der Waals surface area (Å²) in [4.78, 5) is 14.5. The first-order valence-electron chi connectivity index (χ1n) is 8.23. The third kappa shape index (κ3) is 3.06. The number of hydrogen-bond donors (Lipinski definition) is 0. The number of methoxy groups -OCH3 is 2. The Balaban J connectivity index is 1.71. The molecule has 1 fully saturated rings. The molecule has 0 aromatic heterocycles. The summed E-state index contributed by atoms with van der Waals surface area (Å²) in [6, 6.07) is 4.07. The predicted octanol–water partition coefficient (Wildman–Crippen LogP) is 3.17. The molecule has 2 aliphatic rings. The van der Waals surface area contributed by atoms with Gasteiger partial charge in [-0.25, -0.2) is 0 Å². The molecule has 0 spiro atoms. The van der Waals surface area contributed by atoms with Crippen LogP contribution >= 0.6 is 0 Å². The largest absolute Gasteiger partial charge is 0.493 e. The van der Waals surface area contributed by atoms with Crippen LogP contribution < -0.4 is 9.47 Å². The van der Waals surface area contributed by atoms with Crippen molar-refractivity contribution in [1.29, 1.82) is 0 Å². The molecule has 0 saturated heterocycles. The zero-order valence-corrected chi connectivity index (χ0v) is 13.6. The SMILES string of the molecule is COc1cc2c(cc1OC)CN(C(=O)CC1CCCC1)CC2. The maximum Gasteiger partial charge on any atom is 0.223 e. The summed E-state index contributed by atoms with van der Waals surface area (Å²) < 4.78 is 10.7. The molecule has 1 aromatic rings. The minimum Gasteiger partial charge on any atom is -0.493 e. The Morgan fingerprint density at radius 3 is 2.41 bits per heavy atom. The van der Waals surface area contributed by atoms with Crippen LogP contribution in [0.1, 0.15) is 43.2 Å². The first-order valence-corrected chi connectivity index (χ1v) is 8.23. The zero-order chi connectivity index (χ0) is 15.5. The highest BCUT2D eigenvalue weighted by Crippen LogP contribution is 2.34. The number of benzene rings is 1. The monoisotopic (exact) mass is 303 g/mol. The Morgan fingerprint density at radius 2 is 1.77 bits per heavy atom. The van der Waals surface area contributed by atoms with E-state index in [4.69, 9.17) is 9.47 Å². The number of hydrogen-bond acceptors (Lipinski definition) is 3. The van der Waals surface area contributed by atoms with Crippen molar-refractivity contribution in [2.24, 2.45) is 5.92 Å². The molecule has 1 aliphatic heterocycles. The Labute approximate surface area is 132 Å². The number of fused-ring (bicyclic) bond motifs is 1. The van der Waals surface area contributed by atoms with E-state index in [1.54, 1.807) is 14.2 Å². The van der Waals surface area contributed by atoms with E-state index in [0.29, 0.717) is 18.4 Å². The van der Waals surface area contributed by atoms with Crippen LogP contribution in [-0.2, 0) is 17.8 Å². The summed E-state index contributed by atoms with van der Waals surface area (Å²) in [5.41, 5.74) is 2.45. The van der Waals surface area contributed by atoms with Crippen LogP contribution in [0.4, 0.5) is 0 Å². The standard InChI is InChI=1S/C18H25NO3/c1-21-16-10-14-7-8-19(12-15(14)11-17(16)22-2)18(20)9-13-5-3-4-6-13/h10-11,13H,3-9,12H2,1-2H3. The third-order valence-corrected chi connectivity index (χ3v) is 5.01. The normalized spacial score (nSPS) is 18.2.